The highest BCUT2D eigenvalue weighted by atomic mass is 19.4. The van der Waals surface area contributed by atoms with Gasteiger partial charge in [0.15, 0.2) is 0 Å². The summed E-state index contributed by atoms with van der Waals surface area (Å²) in [5.41, 5.74) is -2.77. The van der Waals surface area contributed by atoms with Crippen LogP contribution < -0.4 is 10.6 Å². The summed E-state index contributed by atoms with van der Waals surface area (Å²) >= 11 is 0. The van der Waals surface area contributed by atoms with E-state index in [1.54, 1.807) is 5.32 Å². The van der Waals surface area contributed by atoms with E-state index in [1.807, 2.05) is 0 Å². The van der Waals surface area contributed by atoms with E-state index in [0.717, 1.165) is 0 Å². The monoisotopic (exact) mass is 416 g/mol. The Morgan fingerprint density at radius 3 is 1.90 bits per heavy atom. The molecule has 29 heavy (non-hydrogen) atoms. The molecule has 0 saturated heterocycles. The fourth-order valence-electron chi connectivity index (χ4n) is 2.42. The summed E-state index contributed by atoms with van der Waals surface area (Å²) in [6, 6.07) is 4.91. The first-order valence-electron chi connectivity index (χ1n) is 7.78. The van der Waals surface area contributed by atoms with Crippen LogP contribution in [0, 0.1) is 0 Å². The third kappa shape index (κ3) is 4.65. The Bertz CT molecular complexity index is 1060. The van der Waals surface area contributed by atoms with Gasteiger partial charge >= 0.3 is 24.2 Å². The second-order valence-electron chi connectivity index (χ2n) is 5.84. The predicted octanol–water partition coefficient (Wildman–Crippen LogP) is 4.18. The molecule has 12 heteroatoms. The molecule has 0 bridgehead atoms. The maximum Gasteiger partial charge on any atom is 0.416 e. The number of aromatic amines is 1. The number of aromatic nitrogens is 2. The fraction of sp³-hybridized carbons (Fsp3) is 0.118. The van der Waals surface area contributed by atoms with Crippen molar-refractivity contribution >= 4 is 34.2 Å². The first kappa shape index (κ1) is 20.2. The van der Waals surface area contributed by atoms with Crippen LogP contribution in [0.2, 0.25) is 0 Å². The van der Waals surface area contributed by atoms with Gasteiger partial charge in [-0.15, -0.1) is 0 Å². The first-order valence-corrected chi connectivity index (χ1v) is 7.78. The standard InChI is InChI=1S/C17H10F6N4O2/c18-16(19,20)8-3-9(17(21,22)23)5-11(4-8)27-15(29)14(28)26-10-1-2-12-13(6-10)25-7-24-12/h1-7H,(H,24,25)(H,26,28)(H,27,29). The van der Waals surface area contributed by atoms with Crippen LogP contribution in [0.15, 0.2) is 42.7 Å². The number of benzene rings is 2. The van der Waals surface area contributed by atoms with Crippen LogP contribution >= 0.6 is 0 Å². The molecule has 0 unspecified atom stereocenters. The number of fused-ring (bicyclic) bond motifs is 1. The minimum Gasteiger partial charge on any atom is -0.345 e. The lowest BCUT2D eigenvalue weighted by Crippen LogP contribution is -2.29. The van der Waals surface area contributed by atoms with Crippen LogP contribution in [0.3, 0.4) is 0 Å². The molecule has 0 spiro atoms. The molecule has 3 aromatic rings. The zero-order valence-electron chi connectivity index (χ0n) is 14.1. The molecular weight excluding hydrogens is 406 g/mol. The molecule has 0 atom stereocenters. The Kier molecular flexibility index (Phi) is 4.95. The Morgan fingerprint density at radius 2 is 1.34 bits per heavy atom. The van der Waals surface area contributed by atoms with Gasteiger partial charge in [-0.1, -0.05) is 0 Å². The molecule has 2 aromatic carbocycles. The van der Waals surface area contributed by atoms with Crippen molar-refractivity contribution in [1.29, 1.82) is 0 Å². The quantitative estimate of drug-likeness (QED) is 0.433. The predicted molar refractivity (Wildman–Crippen MR) is 89.8 cm³/mol. The third-order valence-electron chi connectivity index (χ3n) is 3.73. The van der Waals surface area contributed by atoms with Crippen molar-refractivity contribution in [3.8, 4) is 0 Å². The zero-order valence-corrected chi connectivity index (χ0v) is 14.1. The van der Waals surface area contributed by atoms with Crippen molar-refractivity contribution in [3.63, 3.8) is 0 Å². The molecule has 3 N–H and O–H groups in total. The molecule has 0 aliphatic rings. The van der Waals surface area contributed by atoms with E-state index < -0.39 is 41.0 Å². The summed E-state index contributed by atoms with van der Waals surface area (Å²) in [4.78, 5) is 30.6. The van der Waals surface area contributed by atoms with E-state index in [-0.39, 0.29) is 11.8 Å². The average molecular weight is 416 g/mol. The normalized spacial score (nSPS) is 12.1. The summed E-state index contributed by atoms with van der Waals surface area (Å²) < 4.78 is 77.1. The van der Waals surface area contributed by atoms with Crippen molar-refractivity contribution in [3.05, 3.63) is 53.9 Å². The highest BCUT2D eigenvalue weighted by molar-refractivity contribution is 6.43. The molecule has 1 heterocycles. The van der Waals surface area contributed by atoms with Crippen molar-refractivity contribution in [2.24, 2.45) is 0 Å². The average Bonchev–Trinajstić information content (AvgIpc) is 3.07. The van der Waals surface area contributed by atoms with E-state index in [1.165, 1.54) is 24.5 Å². The zero-order chi connectivity index (χ0) is 21.4. The van der Waals surface area contributed by atoms with Crippen molar-refractivity contribution < 1.29 is 35.9 Å². The molecule has 0 radical (unpaired) electrons. The summed E-state index contributed by atoms with van der Waals surface area (Å²) in [5, 5.41) is 3.94. The van der Waals surface area contributed by atoms with Gasteiger partial charge in [0.1, 0.15) is 0 Å². The van der Waals surface area contributed by atoms with Crippen molar-refractivity contribution in [2.75, 3.05) is 10.6 Å². The number of nitrogens with zero attached hydrogens (tertiary/aromatic N) is 1. The molecule has 0 saturated carbocycles. The lowest BCUT2D eigenvalue weighted by Gasteiger charge is -2.14. The number of anilines is 2. The number of halogens is 6. The van der Waals surface area contributed by atoms with E-state index in [2.05, 4.69) is 15.3 Å². The van der Waals surface area contributed by atoms with Crippen LogP contribution in [0.25, 0.3) is 11.0 Å². The van der Waals surface area contributed by atoms with Gasteiger partial charge in [0.2, 0.25) is 0 Å². The van der Waals surface area contributed by atoms with Gasteiger partial charge in [-0.2, -0.15) is 26.3 Å². The molecule has 0 aliphatic carbocycles. The second-order valence-corrected chi connectivity index (χ2v) is 5.84. The van der Waals surface area contributed by atoms with Crippen LogP contribution in [-0.4, -0.2) is 21.8 Å². The van der Waals surface area contributed by atoms with Gasteiger partial charge in [0.05, 0.1) is 28.5 Å². The number of amides is 2. The van der Waals surface area contributed by atoms with Gasteiger partial charge in [-0.25, -0.2) is 4.98 Å². The Hall–Kier alpha value is -3.57. The molecular formula is C17H10F6N4O2. The van der Waals surface area contributed by atoms with E-state index in [4.69, 9.17) is 0 Å². The molecule has 0 aliphatic heterocycles. The minimum absolute atomic E-state index is 0.0880. The fourth-order valence-corrected chi connectivity index (χ4v) is 2.42. The number of hydrogen-bond donors (Lipinski definition) is 3. The number of imidazole rings is 1. The first-order chi connectivity index (χ1) is 13.4. The SMILES string of the molecule is O=C(Nc1cc(C(F)(F)F)cc(C(F)(F)F)c1)C(=O)Nc1ccc2nc[nH]c2c1. The third-order valence-corrected chi connectivity index (χ3v) is 3.73. The number of carbonyl (C=O) groups excluding carboxylic acids is 2. The maximum atomic E-state index is 12.9. The van der Waals surface area contributed by atoms with Crippen LogP contribution in [0.5, 0.6) is 0 Å². The molecule has 1 aromatic heterocycles. The topological polar surface area (TPSA) is 86.9 Å². The molecule has 0 fully saturated rings. The highest BCUT2D eigenvalue weighted by Crippen LogP contribution is 2.37. The van der Waals surface area contributed by atoms with Gasteiger partial charge in [-0.3, -0.25) is 9.59 Å². The maximum absolute atomic E-state index is 12.9. The minimum atomic E-state index is -5.08. The Morgan fingerprint density at radius 1 is 0.793 bits per heavy atom. The molecule has 2 amide bonds. The van der Waals surface area contributed by atoms with Crippen LogP contribution in [-0.2, 0) is 21.9 Å². The summed E-state index contributed by atoms with van der Waals surface area (Å²) in [5.74, 6) is -2.73. The van der Waals surface area contributed by atoms with E-state index in [0.29, 0.717) is 23.2 Å². The number of hydrogen-bond acceptors (Lipinski definition) is 3. The van der Waals surface area contributed by atoms with Gasteiger partial charge < -0.3 is 15.6 Å². The molecule has 6 nitrogen and oxygen atoms in total. The van der Waals surface area contributed by atoms with Crippen LogP contribution in [0.4, 0.5) is 37.7 Å². The van der Waals surface area contributed by atoms with Gasteiger partial charge in [0.25, 0.3) is 0 Å². The summed E-state index contributed by atoms with van der Waals surface area (Å²) in [6.45, 7) is 0. The number of carbonyl (C=O) groups is 2. The second kappa shape index (κ2) is 7.11. The number of nitrogens with one attached hydrogen (secondary N) is 3. The number of H-pyrrole nitrogens is 1. The van der Waals surface area contributed by atoms with Crippen molar-refractivity contribution in [1.82, 2.24) is 9.97 Å². The number of rotatable bonds is 2. The van der Waals surface area contributed by atoms with Crippen LogP contribution in [0.1, 0.15) is 11.1 Å². The molecule has 3 rings (SSSR count). The Labute approximate surface area is 157 Å². The lowest BCUT2D eigenvalue weighted by molar-refractivity contribution is -0.143. The lowest BCUT2D eigenvalue weighted by atomic mass is 10.1. The highest BCUT2D eigenvalue weighted by Gasteiger charge is 2.37. The summed E-state index contributed by atoms with van der Waals surface area (Å²) in [7, 11) is 0. The molecule has 152 valence electrons. The van der Waals surface area contributed by atoms with E-state index in [9.17, 15) is 35.9 Å². The smallest absolute Gasteiger partial charge is 0.345 e. The Balaban J connectivity index is 1.80. The summed E-state index contributed by atoms with van der Waals surface area (Å²) in [6.07, 6.45) is -8.76. The number of alkyl halides is 6. The van der Waals surface area contributed by atoms with Crippen molar-refractivity contribution in [2.45, 2.75) is 12.4 Å². The van der Waals surface area contributed by atoms with E-state index >= 15 is 0 Å². The van der Waals surface area contributed by atoms with Gasteiger partial charge in [-0.05, 0) is 36.4 Å². The van der Waals surface area contributed by atoms with Gasteiger partial charge in [0, 0.05) is 11.4 Å². The largest absolute Gasteiger partial charge is 0.416 e.